The molecule has 12 heavy (non-hydrogen) atoms. The molecule has 0 aromatic heterocycles. The lowest BCUT2D eigenvalue weighted by Gasteiger charge is -1.93. The summed E-state index contributed by atoms with van der Waals surface area (Å²) < 4.78 is 37.3. The highest BCUT2D eigenvalue weighted by atomic mass is 32.1. The fourth-order valence-electron chi connectivity index (χ4n) is 0.606. The van der Waals surface area contributed by atoms with E-state index in [-0.39, 0.29) is 12.0 Å². The average molecular weight is 182 g/mol. The van der Waals surface area contributed by atoms with E-state index in [2.05, 4.69) is 17.2 Å². The number of isothiocyanates is 1. The van der Waals surface area contributed by atoms with Gasteiger partial charge in [0, 0.05) is 0 Å². The van der Waals surface area contributed by atoms with Crippen LogP contribution >= 0.6 is 12.2 Å². The predicted octanol–water partition coefficient (Wildman–Crippen LogP) is 1.86. The standard InChI is InChI=1S/C9H7NOS/c11-9(10-7-12)6-8-4-2-1-3-5-8/h1-5H,6H2/i1D,2D,3D,4D,5D. The Morgan fingerprint density at radius 1 is 1.58 bits per heavy atom. The zero-order valence-electron chi connectivity index (χ0n) is 11.0. The second-order valence-electron chi connectivity index (χ2n) is 1.88. The Morgan fingerprint density at radius 3 is 2.83 bits per heavy atom. The first-order valence-corrected chi connectivity index (χ1v) is 3.47. The van der Waals surface area contributed by atoms with Crippen molar-refractivity contribution in [3.8, 4) is 0 Å². The monoisotopic (exact) mass is 182 g/mol. The van der Waals surface area contributed by atoms with Crippen molar-refractivity contribution in [1.29, 1.82) is 0 Å². The summed E-state index contributed by atoms with van der Waals surface area (Å²) in [6.45, 7) is 0. The summed E-state index contributed by atoms with van der Waals surface area (Å²) >= 11 is 4.25. The van der Waals surface area contributed by atoms with Crippen LogP contribution in [-0.2, 0) is 11.2 Å². The van der Waals surface area contributed by atoms with E-state index in [1.54, 1.807) is 0 Å². The molecule has 2 nitrogen and oxygen atoms in total. The minimum absolute atomic E-state index is 0.0880. The molecule has 0 spiro atoms. The summed E-state index contributed by atoms with van der Waals surface area (Å²) in [5, 5.41) is 1.87. The summed E-state index contributed by atoms with van der Waals surface area (Å²) in [6, 6.07) is -2.23. The van der Waals surface area contributed by atoms with Crippen LogP contribution in [0.3, 0.4) is 0 Å². The number of rotatable bonds is 2. The molecular formula is C9H7NOS. The van der Waals surface area contributed by atoms with Crippen molar-refractivity contribution in [3.05, 3.63) is 35.8 Å². The Balaban J connectivity index is 3.34. The number of amides is 1. The second-order valence-corrected chi connectivity index (χ2v) is 2.06. The van der Waals surface area contributed by atoms with Gasteiger partial charge in [-0.05, 0) is 17.8 Å². The molecule has 0 aliphatic heterocycles. The number of nitrogens with zero attached hydrogens (tertiary/aromatic N) is 1. The number of aliphatic imine (C=N–C) groups is 1. The van der Waals surface area contributed by atoms with Crippen LogP contribution in [0.2, 0.25) is 0 Å². The van der Waals surface area contributed by atoms with E-state index >= 15 is 0 Å². The average Bonchev–Trinajstić information content (AvgIpc) is 2.30. The Kier molecular flexibility index (Phi) is 1.54. The molecule has 0 aliphatic carbocycles. The Labute approximate surface area is 83.0 Å². The van der Waals surface area contributed by atoms with Gasteiger partial charge < -0.3 is 0 Å². The quantitative estimate of drug-likeness (QED) is 0.516. The number of hydrogen-bond donors (Lipinski definition) is 0. The third-order valence-corrected chi connectivity index (χ3v) is 1.14. The molecule has 60 valence electrons. The third-order valence-electron chi connectivity index (χ3n) is 1.05. The highest BCUT2D eigenvalue weighted by Crippen LogP contribution is 1.99. The summed E-state index contributed by atoms with van der Waals surface area (Å²) in [7, 11) is 0. The van der Waals surface area contributed by atoms with Crippen molar-refractivity contribution in [3.63, 3.8) is 0 Å². The van der Waals surface area contributed by atoms with Crippen LogP contribution in [0, 0.1) is 0 Å². The molecule has 1 aromatic carbocycles. The van der Waals surface area contributed by atoms with Crippen LogP contribution in [0.4, 0.5) is 0 Å². The fourth-order valence-corrected chi connectivity index (χ4v) is 0.708. The van der Waals surface area contributed by atoms with Gasteiger partial charge in [-0.1, -0.05) is 30.2 Å². The van der Waals surface area contributed by atoms with E-state index in [4.69, 9.17) is 6.85 Å². The summed E-state index contributed by atoms with van der Waals surface area (Å²) in [5.41, 5.74) is -0.0880. The molecule has 0 atom stereocenters. The molecule has 3 heteroatoms. The first kappa shape index (κ1) is 4.08. The largest absolute Gasteiger partial charge is 0.271 e. The van der Waals surface area contributed by atoms with Crippen molar-refractivity contribution in [2.45, 2.75) is 6.42 Å². The van der Waals surface area contributed by atoms with Crippen molar-refractivity contribution in [1.82, 2.24) is 0 Å². The maximum Gasteiger partial charge on any atom is 0.258 e. The van der Waals surface area contributed by atoms with E-state index in [0.717, 1.165) is 0 Å². The van der Waals surface area contributed by atoms with Gasteiger partial charge in [-0.15, -0.1) is 0 Å². The van der Waals surface area contributed by atoms with Gasteiger partial charge >= 0.3 is 0 Å². The van der Waals surface area contributed by atoms with Gasteiger partial charge in [0.25, 0.3) is 5.91 Å². The maximum absolute atomic E-state index is 11.2. The number of benzene rings is 1. The lowest BCUT2D eigenvalue weighted by atomic mass is 10.1. The van der Waals surface area contributed by atoms with Crippen molar-refractivity contribution < 1.29 is 11.6 Å². The number of carbonyl (C=O) groups excluding carboxylic acids is 1. The molecule has 0 heterocycles. The molecule has 0 fully saturated rings. The summed E-state index contributed by atoms with van der Waals surface area (Å²) in [5.74, 6) is -0.696. The van der Waals surface area contributed by atoms with Gasteiger partial charge in [-0.2, -0.15) is 4.99 Å². The minimum atomic E-state index is -0.696. The van der Waals surface area contributed by atoms with Crippen LogP contribution < -0.4 is 0 Å². The van der Waals surface area contributed by atoms with Gasteiger partial charge in [-0.25, -0.2) is 0 Å². The number of carbonyl (C=O) groups is 1. The normalized spacial score (nSPS) is 14.5. The number of thiocarbonyl (C=S) groups is 1. The molecule has 0 unspecified atom stereocenters. The maximum atomic E-state index is 11.2. The van der Waals surface area contributed by atoms with Gasteiger partial charge in [0.15, 0.2) is 0 Å². The highest BCUT2D eigenvalue weighted by molar-refractivity contribution is 7.78. The molecule has 0 radical (unpaired) electrons. The smallest absolute Gasteiger partial charge is 0.258 e. The lowest BCUT2D eigenvalue weighted by molar-refractivity contribution is -0.117. The van der Waals surface area contributed by atoms with Gasteiger partial charge in [0.05, 0.1) is 18.4 Å². The Bertz CT molecular complexity index is 510. The summed E-state index contributed by atoms with van der Waals surface area (Å²) in [6.07, 6.45) is -0.390. The molecule has 0 saturated carbocycles. The predicted molar refractivity (Wildman–Crippen MR) is 50.2 cm³/mol. The van der Waals surface area contributed by atoms with Gasteiger partial charge in [-0.3, -0.25) is 4.79 Å². The lowest BCUT2D eigenvalue weighted by Crippen LogP contribution is -1.97. The minimum Gasteiger partial charge on any atom is -0.271 e. The zero-order chi connectivity index (χ0) is 13.2. The van der Waals surface area contributed by atoms with Crippen LogP contribution in [-0.4, -0.2) is 11.1 Å². The first-order chi connectivity index (χ1) is 7.90. The van der Waals surface area contributed by atoms with Gasteiger partial charge in [0.2, 0.25) is 0 Å². The topological polar surface area (TPSA) is 29.4 Å². The van der Waals surface area contributed by atoms with Crippen molar-refractivity contribution in [2.75, 3.05) is 0 Å². The molecule has 0 saturated heterocycles. The van der Waals surface area contributed by atoms with Crippen LogP contribution in [0.1, 0.15) is 12.4 Å². The second kappa shape index (κ2) is 4.54. The van der Waals surface area contributed by atoms with Crippen molar-refractivity contribution in [2.24, 2.45) is 4.99 Å². The Hall–Kier alpha value is -1.31. The molecule has 0 N–H and O–H groups in total. The molecule has 0 bridgehead atoms. The SMILES string of the molecule is [2H]c1c([2H])c([2H])c(CC(=O)N=C=S)c([2H])c1[2H]. The van der Waals surface area contributed by atoms with Crippen LogP contribution in [0.25, 0.3) is 0 Å². The molecule has 1 aromatic rings. The molecule has 0 aliphatic rings. The van der Waals surface area contributed by atoms with Crippen LogP contribution in [0.5, 0.6) is 0 Å². The molecular weight excluding hydrogens is 170 g/mol. The van der Waals surface area contributed by atoms with E-state index < -0.39 is 36.1 Å². The Morgan fingerprint density at radius 2 is 2.25 bits per heavy atom. The summed E-state index contributed by atoms with van der Waals surface area (Å²) in [4.78, 5) is 14.4. The molecule has 1 rings (SSSR count). The third kappa shape index (κ3) is 2.74. The van der Waals surface area contributed by atoms with Crippen molar-refractivity contribution >= 4 is 23.3 Å². The first-order valence-electron chi connectivity index (χ1n) is 5.56. The highest BCUT2D eigenvalue weighted by Gasteiger charge is 1.98. The fraction of sp³-hybridized carbons (Fsp3) is 0.111. The van der Waals surface area contributed by atoms with E-state index in [1.807, 2.05) is 5.16 Å². The zero-order valence-corrected chi connectivity index (χ0v) is 6.79. The van der Waals surface area contributed by atoms with Gasteiger partial charge in [0.1, 0.15) is 0 Å². The van der Waals surface area contributed by atoms with E-state index in [0.29, 0.717) is 0 Å². The number of hydrogen-bond acceptors (Lipinski definition) is 2. The molecule has 1 amide bonds. The van der Waals surface area contributed by atoms with E-state index in [9.17, 15) is 4.79 Å². The van der Waals surface area contributed by atoms with Crippen LogP contribution in [0.15, 0.2) is 35.2 Å². The van der Waals surface area contributed by atoms with E-state index in [1.165, 1.54) is 0 Å².